The molecule has 0 radical (unpaired) electrons. The third kappa shape index (κ3) is 5.67. The van der Waals surface area contributed by atoms with Crippen LogP contribution in [0.1, 0.15) is 32.3 Å². The Morgan fingerprint density at radius 3 is 2.23 bits per heavy atom. The molecular formula is C14H17F3O4S. The van der Waals surface area contributed by atoms with Crippen LogP contribution in [0.2, 0.25) is 0 Å². The Morgan fingerprint density at radius 2 is 1.77 bits per heavy atom. The smallest absolute Gasteiger partial charge is 0.376 e. The van der Waals surface area contributed by atoms with E-state index in [0.717, 1.165) is 12.0 Å². The second-order valence-corrected chi connectivity index (χ2v) is 6.71. The molecular weight excluding hydrogens is 321 g/mol. The van der Waals surface area contributed by atoms with Crippen molar-refractivity contribution in [1.29, 1.82) is 0 Å². The predicted octanol–water partition coefficient (Wildman–Crippen LogP) is 3.46. The minimum atomic E-state index is -5.64. The van der Waals surface area contributed by atoms with Gasteiger partial charge in [-0.1, -0.05) is 19.1 Å². The van der Waals surface area contributed by atoms with Gasteiger partial charge in [-0.3, -0.25) is 0 Å². The van der Waals surface area contributed by atoms with Crippen molar-refractivity contribution in [1.82, 2.24) is 0 Å². The molecule has 1 aromatic carbocycles. The lowest BCUT2D eigenvalue weighted by Gasteiger charge is -2.12. The zero-order valence-corrected chi connectivity index (χ0v) is 13.0. The van der Waals surface area contributed by atoms with Gasteiger partial charge in [0.05, 0.1) is 0 Å². The molecule has 1 aromatic rings. The minimum Gasteiger partial charge on any atom is -0.376 e. The van der Waals surface area contributed by atoms with Crippen molar-refractivity contribution in [3.8, 4) is 5.75 Å². The van der Waals surface area contributed by atoms with Crippen molar-refractivity contribution in [3.63, 3.8) is 0 Å². The summed E-state index contributed by atoms with van der Waals surface area (Å²) < 4.78 is 62.3. The number of hydrogen-bond acceptors (Lipinski definition) is 4. The molecule has 124 valence electrons. The van der Waals surface area contributed by atoms with Crippen molar-refractivity contribution in [2.24, 2.45) is 5.92 Å². The van der Waals surface area contributed by atoms with E-state index in [9.17, 15) is 26.4 Å². The van der Waals surface area contributed by atoms with Crippen LogP contribution in [0.25, 0.3) is 0 Å². The van der Waals surface area contributed by atoms with Gasteiger partial charge in [0, 0.05) is 6.42 Å². The van der Waals surface area contributed by atoms with Crippen molar-refractivity contribution in [2.45, 2.75) is 38.6 Å². The predicted molar refractivity (Wildman–Crippen MR) is 74.8 cm³/mol. The van der Waals surface area contributed by atoms with E-state index in [1.165, 1.54) is 31.2 Å². The van der Waals surface area contributed by atoms with Gasteiger partial charge in [-0.2, -0.15) is 21.6 Å². The van der Waals surface area contributed by atoms with Crippen molar-refractivity contribution in [2.75, 3.05) is 0 Å². The van der Waals surface area contributed by atoms with Gasteiger partial charge in [0.15, 0.2) is 0 Å². The lowest BCUT2D eigenvalue weighted by atomic mass is 9.96. The van der Waals surface area contributed by atoms with Gasteiger partial charge in [-0.25, -0.2) is 0 Å². The molecule has 0 aliphatic heterocycles. The molecule has 0 bridgehead atoms. The summed E-state index contributed by atoms with van der Waals surface area (Å²) in [5.74, 6) is -0.0556. The number of alkyl halides is 3. The molecule has 0 spiro atoms. The molecule has 1 unspecified atom stereocenters. The lowest BCUT2D eigenvalue weighted by molar-refractivity contribution is -0.117. The Labute approximate surface area is 127 Å². The summed E-state index contributed by atoms with van der Waals surface area (Å²) in [5.41, 5.74) is -4.62. The van der Waals surface area contributed by atoms with Crippen LogP contribution in [-0.4, -0.2) is 19.7 Å². The van der Waals surface area contributed by atoms with Gasteiger partial charge in [0.2, 0.25) is 0 Å². The zero-order chi connectivity index (χ0) is 17.0. The number of carbonyl (C=O) groups is 1. The fourth-order valence-electron chi connectivity index (χ4n) is 1.81. The van der Waals surface area contributed by atoms with Crippen LogP contribution in [0.4, 0.5) is 13.2 Å². The van der Waals surface area contributed by atoms with Crippen LogP contribution in [0.15, 0.2) is 24.3 Å². The molecule has 0 amide bonds. The average Bonchev–Trinajstić information content (AvgIpc) is 2.37. The SMILES string of the molecule is CC(=O)CCC(C)Cc1ccc(OS(=O)(=O)C(F)(F)F)cc1. The van der Waals surface area contributed by atoms with Gasteiger partial charge < -0.3 is 8.98 Å². The molecule has 0 aliphatic carbocycles. The van der Waals surface area contributed by atoms with Crippen molar-refractivity contribution < 1.29 is 30.6 Å². The fraction of sp³-hybridized carbons (Fsp3) is 0.500. The summed E-state index contributed by atoms with van der Waals surface area (Å²) in [7, 11) is -5.64. The average molecular weight is 338 g/mol. The Kier molecular flexibility index (Phi) is 5.99. The van der Waals surface area contributed by atoms with Gasteiger partial charge in [0.25, 0.3) is 0 Å². The second-order valence-electron chi connectivity index (χ2n) is 5.18. The highest BCUT2D eigenvalue weighted by Crippen LogP contribution is 2.27. The summed E-state index contributed by atoms with van der Waals surface area (Å²) in [6.45, 7) is 3.47. The molecule has 0 heterocycles. The Balaban J connectivity index is 2.66. The highest BCUT2D eigenvalue weighted by Gasteiger charge is 2.48. The van der Waals surface area contributed by atoms with Gasteiger partial charge >= 0.3 is 15.6 Å². The van der Waals surface area contributed by atoms with Crippen molar-refractivity contribution >= 4 is 15.9 Å². The van der Waals surface area contributed by atoms with E-state index >= 15 is 0 Å². The van der Waals surface area contributed by atoms with Gasteiger partial charge in [-0.15, -0.1) is 0 Å². The van der Waals surface area contributed by atoms with E-state index in [1.807, 2.05) is 6.92 Å². The van der Waals surface area contributed by atoms with Crippen LogP contribution in [0.5, 0.6) is 5.75 Å². The van der Waals surface area contributed by atoms with E-state index in [0.29, 0.717) is 12.8 Å². The number of Topliss-reactive ketones (excluding diaryl/α,β-unsaturated/α-hetero) is 1. The summed E-state index contributed by atoms with van der Waals surface area (Å²) >= 11 is 0. The largest absolute Gasteiger partial charge is 0.534 e. The van der Waals surface area contributed by atoms with Crippen LogP contribution < -0.4 is 4.18 Å². The van der Waals surface area contributed by atoms with E-state index in [2.05, 4.69) is 4.18 Å². The third-order valence-electron chi connectivity index (χ3n) is 2.99. The molecule has 0 aliphatic rings. The molecule has 22 heavy (non-hydrogen) atoms. The molecule has 0 fully saturated rings. The number of hydrogen-bond donors (Lipinski definition) is 0. The summed E-state index contributed by atoms with van der Waals surface area (Å²) in [4.78, 5) is 10.9. The maximum atomic E-state index is 12.2. The maximum absolute atomic E-state index is 12.2. The molecule has 0 N–H and O–H groups in total. The molecule has 0 saturated carbocycles. The first kappa shape index (κ1) is 18.5. The Hall–Kier alpha value is -1.57. The molecule has 1 atom stereocenters. The van der Waals surface area contributed by atoms with Crippen LogP contribution in [0, 0.1) is 5.92 Å². The van der Waals surface area contributed by atoms with Crippen LogP contribution in [-0.2, 0) is 21.3 Å². The normalized spacial score (nSPS) is 13.7. The summed E-state index contributed by atoms with van der Waals surface area (Å²) in [6.07, 6.45) is 1.84. The van der Waals surface area contributed by atoms with Crippen LogP contribution in [0.3, 0.4) is 0 Å². The molecule has 0 aromatic heterocycles. The highest BCUT2D eigenvalue weighted by molar-refractivity contribution is 7.87. The maximum Gasteiger partial charge on any atom is 0.534 e. The topological polar surface area (TPSA) is 60.4 Å². The van der Waals surface area contributed by atoms with E-state index in [4.69, 9.17) is 0 Å². The number of carbonyl (C=O) groups excluding carboxylic acids is 1. The first-order chi connectivity index (χ1) is 10.0. The molecule has 1 rings (SSSR count). The summed E-state index contributed by atoms with van der Waals surface area (Å²) in [6, 6.07) is 5.36. The first-order valence-electron chi connectivity index (χ1n) is 6.60. The highest BCUT2D eigenvalue weighted by atomic mass is 32.2. The third-order valence-corrected chi connectivity index (χ3v) is 3.96. The number of halogens is 3. The second kappa shape index (κ2) is 7.13. The quantitative estimate of drug-likeness (QED) is 0.564. The van der Waals surface area contributed by atoms with E-state index in [1.54, 1.807) is 0 Å². The lowest BCUT2D eigenvalue weighted by Crippen LogP contribution is -2.28. The number of benzene rings is 1. The molecule has 0 saturated heterocycles. The number of ketones is 1. The summed E-state index contributed by atoms with van der Waals surface area (Å²) in [5, 5.41) is 0. The van der Waals surface area contributed by atoms with Gasteiger partial charge in [0.1, 0.15) is 11.5 Å². The van der Waals surface area contributed by atoms with Crippen molar-refractivity contribution in [3.05, 3.63) is 29.8 Å². The monoisotopic (exact) mass is 338 g/mol. The van der Waals surface area contributed by atoms with E-state index in [-0.39, 0.29) is 11.7 Å². The first-order valence-corrected chi connectivity index (χ1v) is 8.01. The molecule has 4 nitrogen and oxygen atoms in total. The van der Waals surface area contributed by atoms with Crippen LogP contribution >= 0.6 is 0 Å². The Morgan fingerprint density at radius 1 is 1.23 bits per heavy atom. The van der Waals surface area contributed by atoms with Gasteiger partial charge in [-0.05, 0) is 43.4 Å². The Bertz CT molecular complexity index is 606. The zero-order valence-electron chi connectivity index (χ0n) is 12.2. The number of rotatable bonds is 7. The van der Waals surface area contributed by atoms with E-state index < -0.39 is 21.4 Å². The molecule has 8 heteroatoms. The minimum absolute atomic E-state index is 0.105. The standard InChI is InChI=1S/C14H17F3O4S/c1-10(3-4-11(2)18)9-12-5-7-13(8-6-12)21-22(19,20)14(15,16)17/h5-8,10H,3-4,9H2,1-2H3. The fourth-order valence-corrected chi connectivity index (χ4v) is 2.27.